The van der Waals surface area contributed by atoms with Crippen LogP contribution in [-0.4, -0.2) is 19.1 Å². The molecule has 0 aliphatic rings. The molecule has 0 saturated heterocycles. The molecule has 84 valence electrons. The summed E-state index contributed by atoms with van der Waals surface area (Å²) in [6.07, 6.45) is 0. The highest BCUT2D eigenvalue weighted by Gasteiger charge is 2.06. The lowest BCUT2D eigenvalue weighted by molar-refractivity contribution is -0.140. The van der Waals surface area contributed by atoms with Gasteiger partial charge in [-0.15, -0.1) is 0 Å². The zero-order chi connectivity index (χ0) is 12.0. The fourth-order valence-corrected chi connectivity index (χ4v) is 1.34. The van der Waals surface area contributed by atoms with E-state index in [1.807, 2.05) is 19.1 Å². The first kappa shape index (κ1) is 12.1. The maximum Gasteiger partial charge on any atom is 0.325 e. The Morgan fingerprint density at radius 2 is 2.31 bits per heavy atom. The average molecular weight is 218 g/mol. The summed E-state index contributed by atoms with van der Waals surface area (Å²) in [4.78, 5) is 11.1. The Morgan fingerprint density at radius 3 is 2.94 bits per heavy atom. The third-order valence-corrected chi connectivity index (χ3v) is 2.11. The molecule has 0 amide bonds. The number of nitriles is 1. The summed E-state index contributed by atoms with van der Waals surface area (Å²) >= 11 is 0. The molecule has 4 heteroatoms. The number of benzene rings is 1. The van der Waals surface area contributed by atoms with Crippen molar-refractivity contribution in [2.24, 2.45) is 0 Å². The van der Waals surface area contributed by atoms with Crippen LogP contribution in [0.25, 0.3) is 0 Å². The lowest BCUT2D eigenvalue weighted by Gasteiger charge is -2.08. The number of hydrogen-bond donors (Lipinski definition) is 1. The number of aryl methyl sites for hydroxylation is 1. The lowest BCUT2D eigenvalue weighted by Crippen LogP contribution is -2.17. The van der Waals surface area contributed by atoms with Crippen molar-refractivity contribution in [3.63, 3.8) is 0 Å². The van der Waals surface area contributed by atoms with Crippen molar-refractivity contribution < 1.29 is 9.53 Å². The number of anilines is 1. The van der Waals surface area contributed by atoms with Gasteiger partial charge in [0, 0.05) is 0 Å². The normalized spacial score (nSPS) is 9.31. The predicted octanol–water partition coefficient (Wildman–Crippen LogP) is 1.84. The number of nitrogens with zero attached hydrogens (tertiary/aromatic N) is 1. The van der Waals surface area contributed by atoms with Crippen LogP contribution in [0.2, 0.25) is 0 Å². The molecule has 0 bridgehead atoms. The first-order chi connectivity index (χ1) is 7.69. The van der Waals surface area contributed by atoms with E-state index in [2.05, 4.69) is 11.4 Å². The van der Waals surface area contributed by atoms with Crippen LogP contribution in [0.3, 0.4) is 0 Å². The van der Waals surface area contributed by atoms with E-state index in [4.69, 9.17) is 10.00 Å². The van der Waals surface area contributed by atoms with Crippen LogP contribution in [0, 0.1) is 18.3 Å². The molecule has 0 saturated carbocycles. The van der Waals surface area contributed by atoms with E-state index in [1.165, 1.54) is 0 Å². The van der Waals surface area contributed by atoms with Gasteiger partial charge >= 0.3 is 5.97 Å². The molecule has 0 aliphatic carbocycles. The van der Waals surface area contributed by atoms with Gasteiger partial charge in [-0.2, -0.15) is 5.26 Å². The van der Waals surface area contributed by atoms with Crippen LogP contribution >= 0.6 is 0 Å². The minimum absolute atomic E-state index is 0.0754. The fourth-order valence-electron chi connectivity index (χ4n) is 1.34. The van der Waals surface area contributed by atoms with Crippen molar-refractivity contribution in [2.75, 3.05) is 18.5 Å². The Balaban J connectivity index is 2.71. The molecule has 0 aliphatic heterocycles. The van der Waals surface area contributed by atoms with Gasteiger partial charge in [0.2, 0.25) is 0 Å². The number of carbonyl (C=O) groups is 1. The molecule has 0 spiro atoms. The van der Waals surface area contributed by atoms with Crippen LogP contribution < -0.4 is 5.32 Å². The number of hydrogen-bond acceptors (Lipinski definition) is 4. The molecule has 0 unspecified atom stereocenters. The Hall–Kier alpha value is -2.02. The third kappa shape index (κ3) is 2.99. The molecule has 16 heavy (non-hydrogen) atoms. The fraction of sp³-hybridized carbons (Fsp3) is 0.333. The number of esters is 1. The Kier molecular flexibility index (Phi) is 4.34. The average Bonchev–Trinajstić information content (AvgIpc) is 2.27. The Bertz CT molecular complexity index is 422. The zero-order valence-electron chi connectivity index (χ0n) is 9.41. The van der Waals surface area contributed by atoms with E-state index >= 15 is 0 Å². The van der Waals surface area contributed by atoms with Gasteiger partial charge in [0.15, 0.2) is 0 Å². The summed E-state index contributed by atoms with van der Waals surface area (Å²) in [6.45, 7) is 4.05. The van der Waals surface area contributed by atoms with E-state index in [-0.39, 0.29) is 12.5 Å². The first-order valence-corrected chi connectivity index (χ1v) is 5.08. The summed E-state index contributed by atoms with van der Waals surface area (Å²) in [6, 6.07) is 7.57. The second-order valence-electron chi connectivity index (χ2n) is 3.27. The lowest BCUT2D eigenvalue weighted by atomic mass is 10.1. The highest BCUT2D eigenvalue weighted by atomic mass is 16.5. The van der Waals surface area contributed by atoms with Crippen LogP contribution in [0.4, 0.5) is 5.69 Å². The molecule has 1 aromatic rings. The number of nitrogens with one attached hydrogen (secondary N) is 1. The molecule has 0 radical (unpaired) electrons. The molecule has 0 fully saturated rings. The van der Waals surface area contributed by atoms with Gasteiger partial charge in [0.1, 0.15) is 12.6 Å². The van der Waals surface area contributed by atoms with Gasteiger partial charge in [-0.25, -0.2) is 0 Å². The maximum atomic E-state index is 11.1. The van der Waals surface area contributed by atoms with Gasteiger partial charge in [-0.05, 0) is 25.5 Å². The quantitative estimate of drug-likeness (QED) is 0.783. The van der Waals surface area contributed by atoms with Crippen molar-refractivity contribution in [2.45, 2.75) is 13.8 Å². The van der Waals surface area contributed by atoms with E-state index < -0.39 is 0 Å². The standard InChI is InChI=1S/C12H14N2O2/c1-3-16-12(15)8-14-11-6-4-5-9(2)10(11)7-13/h4-6,14H,3,8H2,1-2H3. The smallest absolute Gasteiger partial charge is 0.325 e. The second kappa shape index (κ2) is 5.76. The van der Waals surface area contributed by atoms with Crippen molar-refractivity contribution in [1.29, 1.82) is 5.26 Å². The molecular weight excluding hydrogens is 204 g/mol. The molecular formula is C12H14N2O2. The first-order valence-electron chi connectivity index (χ1n) is 5.08. The van der Waals surface area contributed by atoms with Gasteiger partial charge in [0.05, 0.1) is 17.9 Å². The minimum atomic E-state index is -0.326. The van der Waals surface area contributed by atoms with Gasteiger partial charge in [0.25, 0.3) is 0 Å². The van der Waals surface area contributed by atoms with Crippen LogP contribution in [0.15, 0.2) is 18.2 Å². The number of rotatable bonds is 4. The van der Waals surface area contributed by atoms with Crippen LogP contribution in [-0.2, 0) is 9.53 Å². The van der Waals surface area contributed by atoms with Crippen molar-refractivity contribution >= 4 is 11.7 Å². The Morgan fingerprint density at radius 1 is 1.56 bits per heavy atom. The zero-order valence-corrected chi connectivity index (χ0v) is 9.41. The summed E-state index contributed by atoms with van der Waals surface area (Å²) in [5, 5.41) is 11.9. The summed E-state index contributed by atoms with van der Waals surface area (Å²) in [7, 11) is 0. The highest BCUT2D eigenvalue weighted by Crippen LogP contribution is 2.17. The molecule has 1 aromatic carbocycles. The Labute approximate surface area is 94.8 Å². The minimum Gasteiger partial charge on any atom is -0.465 e. The highest BCUT2D eigenvalue weighted by molar-refractivity contribution is 5.76. The largest absolute Gasteiger partial charge is 0.465 e. The summed E-state index contributed by atoms with van der Waals surface area (Å²) in [5.41, 5.74) is 2.11. The maximum absolute atomic E-state index is 11.1. The number of ether oxygens (including phenoxy) is 1. The van der Waals surface area contributed by atoms with E-state index in [9.17, 15) is 4.79 Å². The summed E-state index contributed by atoms with van der Waals surface area (Å²) in [5.74, 6) is -0.326. The van der Waals surface area contributed by atoms with Crippen LogP contribution in [0.1, 0.15) is 18.1 Å². The monoisotopic (exact) mass is 218 g/mol. The van der Waals surface area contributed by atoms with Crippen LogP contribution in [0.5, 0.6) is 0 Å². The summed E-state index contributed by atoms with van der Waals surface area (Å²) < 4.78 is 4.78. The predicted molar refractivity (Wildman–Crippen MR) is 61.0 cm³/mol. The van der Waals surface area contributed by atoms with Crippen molar-refractivity contribution in [1.82, 2.24) is 0 Å². The van der Waals surface area contributed by atoms with E-state index in [0.717, 1.165) is 5.56 Å². The molecule has 1 rings (SSSR count). The van der Waals surface area contributed by atoms with Gasteiger partial charge in [-0.3, -0.25) is 4.79 Å². The van der Waals surface area contributed by atoms with E-state index in [0.29, 0.717) is 17.9 Å². The topological polar surface area (TPSA) is 62.1 Å². The van der Waals surface area contributed by atoms with Gasteiger partial charge < -0.3 is 10.1 Å². The molecule has 0 atom stereocenters. The van der Waals surface area contributed by atoms with Crippen molar-refractivity contribution in [3.8, 4) is 6.07 Å². The second-order valence-corrected chi connectivity index (χ2v) is 3.27. The molecule has 1 N–H and O–H groups in total. The van der Waals surface area contributed by atoms with E-state index in [1.54, 1.807) is 13.0 Å². The number of carbonyl (C=O) groups excluding carboxylic acids is 1. The molecule has 0 heterocycles. The van der Waals surface area contributed by atoms with Gasteiger partial charge in [-0.1, -0.05) is 12.1 Å². The third-order valence-electron chi connectivity index (χ3n) is 2.11. The van der Waals surface area contributed by atoms with Crippen molar-refractivity contribution in [3.05, 3.63) is 29.3 Å². The molecule has 4 nitrogen and oxygen atoms in total. The molecule has 0 aromatic heterocycles. The SMILES string of the molecule is CCOC(=O)CNc1cccc(C)c1C#N.